The molecule has 0 fully saturated rings. The molecular formula is C8H7NOS2. The summed E-state index contributed by atoms with van der Waals surface area (Å²) in [4.78, 5) is 13.0. The summed E-state index contributed by atoms with van der Waals surface area (Å²) in [5.41, 5.74) is 0.897. The third-order valence-electron chi connectivity index (χ3n) is 1.60. The van der Waals surface area contributed by atoms with E-state index in [0.29, 0.717) is 5.75 Å². The Bertz CT molecular complexity index is 338. The Balaban J connectivity index is 2.43. The van der Waals surface area contributed by atoms with E-state index in [1.54, 1.807) is 11.8 Å². The summed E-state index contributed by atoms with van der Waals surface area (Å²) < 4.78 is 0. The molecule has 0 saturated heterocycles. The van der Waals surface area contributed by atoms with Gasteiger partial charge in [0.1, 0.15) is 0 Å². The van der Waals surface area contributed by atoms with E-state index in [-0.39, 0.29) is 5.91 Å². The molecular weight excluding hydrogens is 190 g/mol. The van der Waals surface area contributed by atoms with Crippen LogP contribution in [0.3, 0.4) is 0 Å². The number of rotatable bonds is 0. The Hall–Kier alpha value is -0.610. The lowest BCUT2D eigenvalue weighted by Crippen LogP contribution is -2.18. The van der Waals surface area contributed by atoms with Gasteiger partial charge in [0.25, 0.3) is 0 Å². The van der Waals surface area contributed by atoms with Gasteiger partial charge in [-0.3, -0.25) is 4.79 Å². The first-order chi connectivity index (χ1) is 5.75. The molecule has 0 radical (unpaired) electrons. The first-order valence-electron chi connectivity index (χ1n) is 3.51. The van der Waals surface area contributed by atoms with Crippen LogP contribution in [-0.4, -0.2) is 11.7 Å². The topological polar surface area (TPSA) is 29.1 Å². The fourth-order valence-electron chi connectivity index (χ4n) is 1.06. The van der Waals surface area contributed by atoms with E-state index in [2.05, 4.69) is 17.9 Å². The van der Waals surface area contributed by atoms with Crippen LogP contribution >= 0.6 is 24.4 Å². The maximum absolute atomic E-state index is 11.0. The van der Waals surface area contributed by atoms with Gasteiger partial charge in [-0.2, -0.15) is 0 Å². The van der Waals surface area contributed by atoms with Gasteiger partial charge in [-0.05, 0) is 18.2 Å². The molecule has 1 aliphatic heterocycles. The highest BCUT2D eigenvalue weighted by Gasteiger charge is 2.14. The van der Waals surface area contributed by atoms with Gasteiger partial charge in [-0.15, -0.1) is 24.4 Å². The molecule has 2 nitrogen and oxygen atoms in total. The average molecular weight is 197 g/mol. The van der Waals surface area contributed by atoms with Crippen molar-refractivity contribution in [2.45, 2.75) is 9.79 Å². The Labute approximate surface area is 80.1 Å². The minimum atomic E-state index is 0.0689. The van der Waals surface area contributed by atoms with Crippen LogP contribution in [0.1, 0.15) is 0 Å². The van der Waals surface area contributed by atoms with Crippen LogP contribution in [0, 0.1) is 0 Å². The first-order valence-corrected chi connectivity index (χ1v) is 4.94. The minimum Gasteiger partial charge on any atom is -0.324 e. The first kappa shape index (κ1) is 8.01. The Morgan fingerprint density at radius 1 is 1.50 bits per heavy atom. The SMILES string of the molecule is O=C1CSc2cc(S)ccc2N1. The number of carbonyl (C=O) groups is 1. The second kappa shape index (κ2) is 3.03. The molecule has 1 aliphatic rings. The molecule has 0 saturated carbocycles. The predicted octanol–water partition coefficient (Wildman–Crippen LogP) is 2.02. The lowest BCUT2D eigenvalue weighted by atomic mass is 10.3. The van der Waals surface area contributed by atoms with Gasteiger partial charge in [0.15, 0.2) is 0 Å². The van der Waals surface area contributed by atoms with Gasteiger partial charge in [-0.1, -0.05) is 0 Å². The molecule has 0 unspecified atom stereocenters. The summed E-state index contributed by atoms with van der Waals surface area (Å²) in [5, 5.41) is 2.79. The Morgan fingerprint density at radius 2 is 2.33 bits per heavy atom. The lowest BCUT2D eigenvalue weighted by molar-refractivity contribution is -0.113. The molecule has 0 spiro atoms. The Kier molecular flexibility index (Phi) is 2.02. The van der Waals surface area contributed by atoms with Gasteiger partial charge >= 0.3 is 0 Å². The maximum atomic E-state index is 11.0. The maximum Gasteiger partial charge on any atom is 0.234 e. The second-order valence-electron chi connectivity index (χ2n) is 2.52. The minimum absolute atomic E-state index is 0.0689. The van der Waals surface area contributed by atoms with Crippen molar-refractivity contribution in [2.24, 2.45) is 0 Å². The molecule has 1 aromatic rings. The zero-order valence-corrected chi connectivity index (χ0v) is 7.91. The Morgan fingerprint density at radius 3 is 3.17 bits per heavy atom. The van der Waals surface area contributed by atoms with Crippen molar-refractivity contribution >= 4 is 36.0 Å². The van der Waals surface area contributed by atoms with Gasteiger partial charge in [0, 0.05) is 9.79 Å². The van der Waals surface area contributed by atoms with E-state index in [1.165, 1.54) is 0 Å². The van der Waals surface area contributed by atoms with Gasteiger partial charge < -0.3 is 5.32 Å². The molecule has 0 bridgehead atoms. The summed E-state index contributed by atoms with van der Waals surface area (Å²) in [6, 6.07) is 5.71. The van der Waals surface area contributed by atoms with Crippen molar-refractivity contribution in [1.29, 1.82) is 0 Å². The van der Waals surface area contributed by atoms with Gasteiger partial charge in [0.05, 0.1) is 11.4 Å². The van der Waals surface area contributed by atoms with E-state index in [9.17, 15) is 4.79 Å². The van der Waals surface area contributed by atoms with Crippen LogP contribution in [0.15, 0.2) is 28.0 Å². The number of amides is 1. The molecule has 12 heavy (non-hydrogen) atoms. The van der Waals surface area contributed by atoms with E-state index >= 15 is 0 Å². The number of hydrogen-bond acceptors (Lipinski definition) is 3. The molecule has 4 heteroatoms. The van der Waals surface area contributed by atoms with Crippen LogP contribution in [0.5, 0.6) is 0 Å². The molecule has 1 amide bonds. The van der Waals surface area contributed by atoms with Crippen molar-refractivity contribution in [3.05, 3.63) is 18.2 Å². The smallest absolute Gasteiger partial charge is 0.234 e. The molecule has 0 aliphatic carbocycles. The van der Waals surface area contributed by atoms with Crippen molar-refractivity contribution in [2.75, 3.05) is 11.1 Å². The van der Waals surface area contributed by atoms with E-state index < -0.39 is 0 Å². The molecule has 1 aromatic carbocycles. The number of nitrogens with one attached hydrogen (secondary N) is 1. The van der Waals surface area contributed by atoms with Crippen molar-refractivity contribution < 1.29 is 4.79 Å². The number of thiol groups is 1. The highest BCUT2D eigenvalue weighted by atomic mass is 32.2. The van der Waals surface area contributed by atoms with Crippen molar-refractivity contribution in [3.8, 4) is 0 Å². The second-order valence-corrected chi connectivity index (χ2v) is 4.05. The van der Waals surface area contributed by atoms with Crippen molar-refractivity contribution in [3.63, 3.8) is 0 Å². The largest absolute Gasteiger partial charge is 0.324 e. The zero-order valence-electron chi connectivity index (χ0n) is 6.20. The predicted molar refractivity (Wildman–Crippen MR) is 53.0 cm³/mol. The third-order valence-corrected chi connectivity index (χ3v) is 2.93. The number of carbonyl (C=O) groups excluding carboxylic acids is 1. The van der Waals surface area contributed by atoms with Crippen LogP contribution in [0.2, 0.25) is 0 Å². The van der Waals surface area contributed by atoms with Crippen LogP contribution in [-0.2, 0) is 4.79 Å². The molecule has 0 atom stereocenters. The van der Waals surface area contributed by atoms with Gasteiger partial charge in [0.2, 0.25) is 5.91 Å². The van der Waals surface area contributed by atoms with Crippen LogP contribution in [0.25, 0.3) is 0 Å². The molecule has 62 valence electrons. The highest BCUT2D eigenvalue weighted by Crippen LogP contribution is 2.32. The molecule has 0 aromatic heterocycles. The summed E-state index contributed by atoms with van der Waals surface area (Å²) in [5.74, 6) is 0.573. The van der Waals surface area contributed by atoms with Crippen molar-refractivity contribution in [1.82, 2.24) is 0 Å². The van der Waals surface area contributed by atoms with Crippen LogP contribution < -0.4 is 5.32 Å². The zero-order chi connectivity index (χ0) is 8.55. The normalized spacial score (nSPS) is 15.2. The number of benzene rings is 1. The summed E-state index contributed by atoms with van der Waals surface area (Å²) >= 11 is 5.76. The summed E-state index contributed by atoms with van der Waals surface area (Å²) in [6.45, 7) is 0. The van der Waals surface area contributed by atoms with E-state index in [4.69, 9.17) is 0 Å². The fraction of sp³-hybridized carbons (Fsp3) is 0.125. The number of fused-ring (bicyclic) bond motifs is 1. The fourth-order valence-corrected chi connectivity index (χ4v) is 2.20. The van der Waals surface area contributed by atoms with E-state index in [1.807, 2.05) is 18.2 Å². The lowest BCUT2D eigenvalue weighted by Gasteiger charge is -2.15. The molecule has 2 rings (SSSR count). The number of hydrogen-bond donors (Lipinski definition) is 2. The standard InChI is InChI=1S/C8H7NOS2/c10-8-4-12-7-3-5(11)1-2-6(7)9-8/h1-3,11H,4H2,(H,9,10). The quantitative estimate of drug-likeness (QED) is 0.623. The molecule has 1 N–H and O–H groups in total. The third kappa shape index (κ3) is 1.44. The average Bonchev–Trinajstić information content (AvgIpc) is 2.05. The monoisotopic (exact) mass is 197 g/mol. The number of thioether (sulfide) groups is 1. The summed E-state index contributed by atoms with van der Waals surface area (Å²) in [6.07, 6.45) is 0. The van der Waals surface area contributed by atoms with Gasteiger partial charge in [-0.25, -0.2) is 0 Å². The van der Waals surface area contributed by atoms with Crippen LogP contribution in [0.4, 0.5) is 5.69 Å². The number of anilines is 1. The summed E-state index contributed by atoms with van der Waals surface area (Å²) in [7, 11) is 0. The van der Waals surface area contributed by atoms with E-state index in [0.717, 1.165) is 15.5 Å². The highest BCUT2D eigenvalue weighted by molar-refractivity contribution is 8.00. The molecule has 1 heterocycles.